The summed E-state index contributed by atoms with van der Waals surface area (Å²) in [6, 6.07) is 0.791. The molecule has 16 heavy (non-hydrogen) atoms. The van der Waals surface area contributed by atoms with Gasteiger partial charge in [-0.25, -0.2) is 0 Å². The van der Waals surface area contributed by atoms with E-state index in [1.54, 1.807) is 0 Å². The second-order valence-electron chi connectivity index (χ2n) is 4.46. The van der Waals surface area contributed by atoms with Crippen molar-refractivity contribution >= 4 is 0 Å². The third-order valence-corrected chi connectivity index (χ3v) is 2.88. The lowest BCUT2D eigenvalue weighted by molar-refractivity contribution is 0.252. The molecule has 0 spiro atoms. The molecule has 2 rings (SSSR count). The summed E-state index contributed by atoms with van der Waals surface area (Å²) in [4.78, 5) is 2.51. The maximum absolute atomic E-state index is 5.48. The zero-order valence-electron chi connectivity index (χ0n) is 9.97. The van der Waals surface area contributed by atoms with E-state index in [-0.39, 0.29) is 0 Å². The summed E-state index contributed by atoms with van der Waals surface area (Å²) in [5, 5.41) is 8.24. The Morgan fingerprint density at radius 3 is 3.00 bits per heavy atom. The smallest absolute Gasteiger partial charge is 0.0967 e. The standard InChI is InChI=1S/C11H21N5/c1-2-6-15(11-3-4-11)8-10-9-16(7-5-12)14-13-10/h9,11H,2-8,12H2,1H3. The van der Waals surface area contributed by atoms with Gasteiger partial charge in [0.1, 0.15) is 0 Å². The Bertz CT molecular complexity index is 318. The Balaban J connectivity index is 1.89. The van der Waals surface area contributed by atoms with Crippen molar-refractivity contribution in [1.29, 1.82) is 0 Å². The number of aromatic nitrogens is 3. The van der Waals surface area contributed by atoms with E-state index in [2.05, 4.69) is 22.1 Å². The predicted octanol–water partition coefficient (Wildman–Crippen LogP) is 0.611. The van der Waals surface area contributed by atoms with Gasteiger partial charge in [-0.3, -0.25) is 9.58 Å². The Hall–Kier alpha value is -0.940. The molecule has 0 unspecified atom stereocenters. The van der Waals surface area contributed by atoms with Gasteiger partial charge in [0.25, 0.3) is 0 Å². The van der Waals surface area contributed by atoms with Crippen molar-refractivity contribution < 1.29 is 0 Å². The molecule has 5 heteroatoms. The second kappa shape index (κ2) is 5.41. The number of hydrogen-bond donors (Lipinski definition) is 1. The first-order valence-electron chi connectivity index (χ1n) is 6.16. The number of rotatable bonds is 7. The predicted molar refractivity (Wildman–Crippen MR) is 62.8 cm³/mol. The second-order valence-corrected chi connectivity index (χ2v) is 4.46. The van der Waals surface area contributed by atoms with Crippen molar-refractivity contribution in [2.75, 3.05) is 13.1 Å². The first-order chi connectivity index (χ1) is 7.83. The van der Waals surface area contributed by atoms with Crippen LogP contribution in [-0.4, -0.2) is 39.0 Å². The highest BCUT2D eigenvalue weighted by molar-refractivity contribution is 4.95. The van der Waals surface area contributed by atoms with Gasteiger partial charge < -0.3 is 5.73 Å². The van der Waals surface area contributed by atoms with Gasteiger partial charge >= 0.3 is 0 Å². The van der Waals surface area contributed by atoms with Gasteiger partial charge in [0.2, 0.25) is 0 Å². The average molecular weight is 223 g/mol. The van der Waals surface area contributed by atoms with E-state index >= 15 is 0 Å². The molecule has 0 bridgehead atoms. The molecule has 0 saturated heterocycles. The minimum absolute atomic E-state index is 0.615. The average Bonchev–Trinajstić information content (AvgIpc) is 3.02. The quantitative estimate of drug-likeness (QED) is 0.736. The minimum atomic E-state index is 0.615. The van der Waals surface area contributed by atoms with E-state index in [1.807, 2.05) is 10.9 Å². The molecule has 0 amide bonds. The number of nitrogens with zero attached hydrogens (tertiary/aromatic N) is 4. The molecule has 0 atom stereocenters. The van der Waals surface area contributed by atoms with Crippen LogP contribution >= 0.6 is 0 Å². The first-order valence-corrected chi connectivity index (χ1v) is 6.16. The Morgan fingerprint density at radius 2 is 2.38 bits per heavy atom. The zero-order valence-corrected chi connectivity index (χ0v) is 9.97. The van der Waals surface area contributed by atoms with Crippen molar-refractivity contribution in [3.05, 3.63) is 11.9 Å². The fourth-order valence-electron chi connectivity index (χ4n) is 1.98. The van der Waals surface area contributed by atoms with Crippen LogP contribution in [0.15, 0.2) is 6.20 Å². The van der Waals surface area contributed by atoms with Crippen molar-refractivity contribution in [3.8, 4) is 0 Å². The van der Waals surface area contributed by atoms with Crippen LogP contribution < -0.4 is 5.73 Å². The fraction of sp³-hybridized carbons (Fsp3) is 0.818. The lowest BCUT2D eigenvalue weighted by atomic mass is 10.3. The van der Waals surface area contributed by atoms with Crippen molar-refractivity contribution in [1.82, 2.24) is 19.9 Å². The van der Waals surface area contributed by atoms with Gasteiger partial charge in [-0.15, -0.1) is 5.10 Å². The van der Waals surface area contributed by atoms with E-state index in [0.717, 1.165) is 31.4 Å². The molecule has 90 valence electrons. The first kappa shape index (κ1) is 11.5. The number of nitrogens with two attached hydrogens (primary N) is 1. The van der Waals surface area contributed by atoms with Crippen LogP contribution in [0.2, 0.25) is 0 Å². The molecule has 1 aliphatic carbocycles. The highest BCUT2D eigenvalue weighted by atomic mass is 15.4. The largest absolute Gasteiger partial charge is 0.329 e. The van der Waals surface area contributed by atoms with Crippen molar-refractivity contribution in [3.63, 3.8) is 0 Å². The number of hydrogen-bond acceptors (Lipinski definition) is 4. The summed E-state index contributed by atoms with van der Waals surface area (Å²) in [7, 11) is 0. The summed E-state index contributed by atoms with van der Waals surface area (Å²) in [5.41, 5.74) is 6.54. The van der Waals surface area contributed by atoms with Crippen LogP contribution in [0.1, 0.15) is 31.9 Å². The Kier molecular flexibility index (Phi) is 3.90. The Labute approximate surface area is 96.6 Å². The van der Waals surface area contributed by atoms with E-state index < -0.39 is 0 Å². The summed E-state index contributed by atoms with van der Waals surface area (Å²) < 4.78 is 1.83. The molecule has 1 aromatic heterocycles. The molecule has 0 aromatic carbocycles. The molecule has 1 heterocycles. The van der Waals surface area contributed by atoms with Crippen molar-refractivity contribution in [2.24, 2.45) is 5.73 Å². The topological polar surface area (TPSA) is 60.0 Å². The van der Waals surface area contributed by atoms with Gasteiger partial charge in [-0.2, -0.15) is 0 Å². The van der Waals surface area contributed by atoms with E-state index in [1.165, 1.54) is 19.3 Å². The van der Waals surface area contributed by atoms with Crippen LogP contribution in [0.4, 0.5) is 0 Å². The summed E-state index contributed by atoms with van der Waals surface area (Å²) >= 11 is 0. The van der Waals surface area contributed by atoms with Gasteiger partial charge in [0, 0.05) is 25.3 Å². The van der Waals surface area contributed by atoms with Crippen LogP contribution in [-0.2, 0) is 13.1 Å². The molecular weight excluding hydrogens is 202 g/mol. The van der Waals surface area contributed by atoms with E-state index in [0.29, 0.717) is 6.54 Å². The Morgan fingerprint density at radius 1 is 1.56 bits per heavy atom. The molecular formula is C11H21N5. The lowest BCUT2D eigenvalue weighted by Crippen LogP contribution is -2.26. The highest BCUT2D eigenvalue weighted by Gasteiger charge is 2.28. The highest BCUT2D eigenvalue weighted by Crippen LogP contribution is 2.27. The van der Waals surface area contributed by atoms with E-state index in [4.69, 9.17) is 5.73 Å². The SMILES string of the molecule is CCCN(Cc1cn(CCN)nn1)C1CC1. The minimum Gasteiger partial charge on any atom is -0.329 e. The lowest BCUT2D eigenvalue weighted by Gasteiger charge is -2.19. The fourth-order valence-corrected chi connectivity index (χ4v) is 1.98. The van der Waals surface area contributed by atoms with Gasteiger partial charge in [0.05, 0.1) is 12.2 Å². The summed E-state index contributed by atoms with van der Waals surface area (Å²) in [5.74, 6) is 0. The molecule has 1 fully saturated rings. The van der Waals surface area contributed by atoms with Crippen LogP contribution in [0.5, 0.6) is 0 Å². The maximum Gasteiger partial charge on any atom is 0.0967 e. The van der Waals surface area contributed by atoms with E-state index in [9.17, 15) is 0 Å². The van der Waals surface area contributed by atoms with Gasteiger partial charge in [0.15, 0.2) is 0 Å². The summed E-state index contributed by atoms with van der Waals surface area (Å²) in [6.45, 7) is 5.69. The third-order valence-electron chi connectivity index (χ3n) is 2.88. The maximum atomic E-state index is 5.48. The van der Waals surface area contributed by atoms with Gasteiger partial charge in [-0.05, 0) is 25.8 Å². The molecule has 0 radical (unpaired) electrons. The third kappa shape index (κ3) is 3.02. The molecule has 0 aliphatic heterocycles. The molecule has 2 N–H and O–H groups in total. The van der Waals surface area contributed by atoms with Crippen molar-refractivity contribution in [2.45, 2.75) is 45.3 Å². The van der Waals surface area contributed by atoms with Gasteiger partial charge in [-0.1, -0.05) is 12.1 Å². The van der Waals surface area contributed by atoms with Crippen LogP contribution in [0, 0.1) is 0 Å². The molecule has 1 saturated carbocycles. The molecule has 1 aliphatic rings. The molecule has 5 nitrogen and oxygen atoms in total. The molecule has 1 aromatic rings. The van der Waals surface area contributed by atoms with Crippen LogP contribution in [0.3, 0.4) is 0 Å². The summed E-state index contributed by atoms with van der Waals surface area (Å²) in [6.07, 6.45) is 5.90. The monoisotopic (exact) mass is 223 g/mol. The van der Waals surface area contributed by atoms with Crippen LogP contribution in [0.25, 0.3) is 0 Å². The zero-order chi connectivity index (χ0) is 11.4. The normalized spacial score (nSPS) is 15.9.